The summed E-state index contributed by atoms with van der Waals surface area (Å²) < 4.78 is 0. The minimum atomic E-state index is -1.16. The van der Waals surface area contributed by atoms with Crippen LogP contribution in [0.15, 0.2) is 11.3 Å². The maximum atomic E-state index is 12.7. The average molecular weight is 392 g/mol. The number of nitrogens with zero attached hydrogens (tertiary/aromatic N) is 3. The summed E-state index contributed by atoms with van der Waals surface area (Å²) in [5.74, 6) is -2.69. The molecule has 0 bridgehead atoms. The van der Waals surface area contributed by atoms with Crippen LogP contribution >= 0.6 is 0 Å². The van der Waals surface area contributed by atoms with E-state index in [2.05, 4.69) is 10.2 Å². The van der Waals surface area contributed by atoms with Crippen molar-refractivity contribution < 1.29 is 29.4 Å². The number of likely N-dealkylation sites (tertiary alicyclic amines) is 2. The third-order valence-electron chi connectivity index (χ3n) is 6.16. The van der Waals surface area contributed by atoms with E-state index < -0.39 is 36.5 Å². The van der Waals surface area contributed by atoms with Crippen LogP contribution in [0.1, 0.15) is 25.7 Å². The Kier molecular flexibility index (Phi) is 4.74. The van der Waals surface area contributed by atoms with Gasteiger partial charge >= 0.3 is 18.0 Å². The van der Waals surface area contributed by atoms with E-state index in [1.807, 2.05) is 0 Å². The van der Waals surface area contributed by atoms with E-state index in [0.29, 0.717) is 19.5 Å². The first-order valence-corrected chi connectivity index (χ1v) is 9.65. The highest BCUT2D eigenvalue weighted by Crippen LogP contribution is 2.47. The van der Waals surface area contributed by atoms with Crippen molar-refractivity contribution in [3.05, 3.63) is 11.3 Å². The maximum absolute atomic E-state index is 12.7. The van der Waals surface area contributed by atoms with Crippen LogP contribution in [0.5, 0.6) is 0 Å². The fourth-order valence-corrected chi connectivity index (χ4v) is 5.03. The van der Waals surface area contributed by atoms with E-state index in [4.69, 9.17) is 5.11 Å². The molecule has 0 aromatic carbocycles. The van der Waals surface area contributed by atoms with Gasteiger partial charge in [0.15, 0.2) is 0 Å². The Morgan fingerprint density at radius 2 is 1.82 bits per heavy atom. The molecule has 4 rings (SSSR count). The van der Waals surface area contributed by atoms with Gasteiger partial charge < -0.3 is 20.4 Å². The Morgan fingerprint density at radius 3 is 2.46 bits per heavy atom. The summed E-state index contributed by atoms with van der Waals surface area (Å²) in [6, 6.07) is -1.63. The molecule has 4 aliphatic heterocycles. The predicted molar refractivity (Wildman–Crippen MR) is 95.2 cm³/mol. The molecule has 0 aliphatic carbocycles. The van der Waals surface area contributed by atoms with Gasteiger partial charge in [0, 0.05) is 19.0 Å². The maximum Gasteiger partial charge on any atom is 0.352 e. The molecule has 0 radical (unpaired) electrons. The molecule has 10 heteroatoms. The number of carboxylic acid groups (broad SMARTS) is 2. The molecular weight excluding hydrogens is 368 g/mol. The van der Waals surface area contributed by atoms with Gasteiger partial charge in [0.25, 0.3) is 5.91 Å². The standard InChI is InChI=1S/C18H24N4O6/c23-12(24)7-19-18(28)21-9-11-6-10(8-20-4-2-1-3-5-20)14(17(26)27)22-13(11)15(21)16(22)25/h11,13,15H,1-9H2,(H,19,28)(H,23,24)(H,26,27)/t11-,13-,15+/m1/s1. The molecule has 0 aromatic rings. The zero-order valence-corrected chi connectivity index (χ0v) is 15.5. The lowest BCUT2D eigenvalue weighted by Crippen LogP contribution is -2.70. The van der Waals surface area contributed by atoms with E-state index in [1.165, 1.54) is 16.2 Å². The average Bonchev–Trinajstić information content (AvgIpc) is 3.02. The van der Waals surface area contributed by atoms with Gasteiger partial charge in [-0.2, -0.15) is 0 Å². The zero-order valence-electron chi connectivity index (χ0n) is 15.5. The van der Waals surface area contributed by atoms with Gasteiger partial charge in [-0.3, -0.25) is 19.4 Å². The molecule has 3 atom stereocenters. The van der Waals surface area contributed by atoms with E-state index in [-0.39, 0.29) is 17.7 Å². The first-order valence-electron chi connectivity index (χ1n) is 9.65. The second-order valence-corrected chi connectivity index (χ2v) is 7.91. The third-order valence-corrected chi connectivity index (χ3v) is 6.16. The second kappa shape index (κ2) is 7.08. The lowest BCUT2D eigenvalue weighted by atomic mass is 9.79. The molecule has 0 spiro atoms. The predicted octanol–water partition coefficient (Wildman–Crippen LogP) is -0.480. The molecule has 152 valence electrons. The van der Waals surface area contributed by atoms with E-state index >= 15 is 0 Å². The largest absolute Gasteiger partial charge is 0.480 e. The first kappa shape index (κ1) is 18.7. The van der Waals surface area contributed by atoms with Crippen LogP contribution in [0, 0.1) is 5.92 Å². The summed E-state index contributed by atoms with van der Waals surface area (Å²) in [7, 11) is 0. The summed E-state index contributed by atoms with van der Waals surface area (Å²) in [5, 5.41) is 20.8. The van der Waals surface area contributed by atoms with Gasteiger partial charge in [-0.25, -0.2) is 9.59 Å². The fraction of sp³-hybridized carbons (Fsp3) is 0.667. The van der Waals surface area contributed by atoms with Crippen molar-refractivity contribution in [3.8, 4) is 0 Å². The van der Waals surface area contributed by atoms with E-state index in [9.17, 15) is 24.3 Å². The van der Waals surface area contributed by atoms with Gasteiger partial charge in [-0.1, -0.05) is 6.42 Å². The van der Waals surface area contributed by atoms with Crippen LogP contribution in [-0.4, -0.2) is 93.6 Å². The van der Waals surface area contributed by atoms with Crippen LogP contribution in [-0.2, 0) is 14.4 Å². The molecule has 0 aromatic heterocycles. The summed E-state index contributed by atoms with van der Waals surface area (Å²) in [5.41, 5.74) is 0.816. The Hall–Kier alpha value is -2.62. The van der Waals surface area contributed by atoms with Crippen LogP contribution in [0.4, 0.5) is 4.79 Å². The number of urea groups is 1. The summed E-state index contributed by atoms with van der Waals surface area (Å²) in [6.07, 6.45) is 3.89. The molecule has 3 saturated heterocycles. The first-order chi connectivity index (χ1) is 13.4. The number of rotatable bonds is 5. The minimum absolute atomic E-state index is 0.0267. The lowest BCUT2D eigenvalue weighted by molar-refractivity contribution is -0.156. The molecule has 28 heavy (non-hydrogen) atoms. The SMILES string of the molecule is O=C(O)CNC(=O)N1C[C@H]2CC(CN3CCCCC3)=C(C(=O)O)N3C(=O)[C@@H]1[C@@H]23. The monoisotopic (exact) mass is 392 g/mol. The normalized spacial score (nSPS) is 29.4. The highest BCUT2D eigenvalue weighted by molar-refractivity contribution is 6.02. The quantitative estimate of drug-likeness (QED) is 0.539. The Morgan fingerprint density at radius 1 is 1.11 bits per heavy atom. The Balaban J connectivity index is 1.54. The molecule has 0 saturated carbocycles. The highest BCUT2D eigenvalue weighted by atomic mass is 16.4. The van der Waals surface area contributed by atoms with Crippen LogP contribution in [0.2, 0.25) is 0 Å². The number of hydrogen-bond acceptors (Lipinski definition) is 5. The molecular formula is C18H24N4O6. The van der Waals surface area contributed by atoms with Crippen LogP contribution in [0.3, 0.4) is 0 Å². The number of amides is 3. The summed E-state index contributed by atoms with van der Waals surface area (Å²) in [4.78, 5) is 52.6. The molecule has 10 nitrogen and oxygen atoms in total. The number of nitrogens with one attached hydrogen (secondary N) is 1. The fourth-order valence-electron chi connectivity index (χ4n) is 5.03. The Labute approximate surface area is 161 Å². The second-order valence-electron chi connectivity index (χ2n) is 7.91. The lowest BCUT2D eigenvalue weighted by Gasteiger charge is -2.50. The molecule has 4 aliphatic rings. The molecule has 0 unspecified atom stereocenters. The number of carbonyl (C=O) groups is 4. The van der Waals surface area contributed by atoms with Crippen molar-refractivity contribution in [3.63, 3.8) is 0 Å². The Bertz CT molecular complexity index is 759. The van der Waals surface area contributed by atoms with Crippen molar-refractivity contribution in [2.24, 2.45) is 5.92 Å². The number of carboxylic acids is 2. The molecule has 4 heterocycles. The molecule has 3 N–H and O–H groups in total. The van der Waals surface area contributed by atoms with Gasteiger partial charge in [0.1, 0.15) is 18.3 Å². The topological polar surface area (TPSA) is 130 Å². The van der Waals surface area contributed by atoms with Crippen LogP contribution in [0.25, 0.3) is 0 Å². The smallest absolute Gasteiger partial charge is 0.352 e. The zero-order chi connectivity index (χ0) is 20.0. The minimum Gasteiger partial charge on any atom is -0.480 e. The summed E-state index contributed by atoms with van der Waals surface area (Å²) in [6.45, 7) is 2.17. The van der Waals surface area contributed by atoms with Gasteiger partial charge in [-0.15, -0.1) is 0 Å². The summed E-state index contributed by atoms with van der Waals surface area (Å²) >= 11 is 0. The third kappa shape index (κ3) is 3.01. The van der Waals surface area contributed by atoms with Crippen molar-refractivity contribution in [1.29, 1.82) is 0 Å². The van der Waals surface area contributed by atoms with Crippen molar-refractivity contribution in [2.75, 3.05) is 32.7 Å². The number of piperidine rings is 1. The molecule has 3 amide bonds. The van der Waals surface area contributed by atoms with Crippen molar-refractivity contribution in [1.82, 2.24) is 20.0 Å². The van der Waals surface area contributed by atoms with Crippen molar-refractivity contribution >= 4 is 23.9 Å². The van der Waals surface area contributed by atoms with Gasteiger partial charge in [-0.05, 0) is 37.9 Å². The number of carbonyl (C=O) groups excluding carboxylic acids is 2. The highest BCUT2D eigenvalue weighted by Gasteiger charge is 2.64. The molecule has 3 fully saturated rings. The number of hydrogen-bond donors (Lipinski definition) is 3. The van der Waals surface area contributed by atoms with Crippen molar-refractivity contribution in [2.45, 2.75) is 37.8 Å². The van der Waals surface area contributed by atoms with E-state index in [1.54, 1.807) is 0 Å². The number of β-lactam (4-membered cyclic amide) rings is 1. The van der Waals surface area contributed by atoms with Crippen LogP contribution < -0.4 is 5.32 Å². The van der Waals surface area contributed by atoms with Gasteiger partial charge in [0.2, 0.25) is 0 Å². The number of aliphatic carboxylic acids is 2. The van der Waals surface area contributed by atoms with Gasteiger partial charge in [0.05, 0.1) is 6.04 Å². The van der Waals surface area contributed by atoms with E-state index in [0.717, 1.165) is 31.5 Å².